The van der Waals surface area contributed by atoms with E-state index < -0.39 is 0 Å². The summed E-state index contributed by atoms with van der Waals surface area (Å²) in [5.74, 6) is 0.672. The fourth-order valence-electron chi connectivity index (χ4n) is 2.48. The summed E-state index contributed by atoms with van der Waals surface area (Å²) in [6.45, 7) is 8.61. The van der Waals surface area contributed by atoms with E-state index in [9.17, 15) is 9.59 Å². The molecule has 0 fully saturated rings. The first-order chi connectivity index (χ1) is 12.3. The minimum atomic E-state index is -0.376. The first-order valence-corrected chi connectivity index (χ1v) is 8.80. The maximum absolute atomic E-state index is 12.6. The minimum Gasteiger partial charge on any atom is -0.375 e. The van der Waals surface area contributed by atoms with E-state index in [0.717, 1.165) is 11.3 Å². The lowest BCUT2D eigenvalue weighted by Crippen LogP contribution is -2.41. The van der Waals surface area contributed by atoms with Crippen molar-refractivity contribution < 1.29 is 4.74 Å². The number of ether oxygens (including phenoxy) is 1. The van der Waals surface area contributed by atoms with E-state index in [1.165, 1.54) is 9.13 Å². The zero-order valence-electron chi connectivity index (χ0n) is 16.2. The standard InChI is InChI=1S/C20H27N3O3/c1-14(2)16(4)21-18-15(3)19(24)23(20(25)22(18)5)11-12-26-13-17-9-7-6-8-10-17/h6-10,14H,11-13H2,1-5H3/b21-16-. The van der Waals surface area contributed by atoms with E-state index in [1.54, 1.807) is 14.0 Å². The molecule has 26 heavy (non-hydrogen) atoms. The van der Waals surface area contributed by atoms with Crippen LogP contribution in [-0.4, -0.2) is 21.5 Å². The van der Waals surface area contributed by atoms with Gasteiger partial charge in [0.1, 0.15) is 5.82 Å². The molecule has 0 saturated heterocycles. The van der Waals surface area contributed by atoms with Crippen molar-refractivity contribution in [2.24, 2.45) is 18.0 Å². The third-order valence-electron chi connectivity index (χ3n) is 4.43. The molecule has 6 heteroatoms. The average Bonchev–Trinajstić information content (AvgIpc) is 2.63. The number of aliphatic imine (C=N–C) groups is 1. The highest BCUT2D eigenvalue weighted by atomic mass is 16.5. The van der Waals surface area contributed by atoms with E-state index in [1.807, 2.05) is 51.1 Å². The topological polar surface area (TPSA) is 65.6 Å². The number of aromatic nitrogens is 2. The number of nitrogens with zero attached hydrogens (tertiary/aromatic N) is 3. The Labute approximate surface area is 153 Å². The lowest BCUT2D eigenvalue weighted by Gasteiger charge is -2.14. The Morgan fingerprint density at radius 3 is 2.46 bits per heavy atom. The predicted octanol–water partition coefficient (Wildman–Crippen LogP) is 2.82. The van der Waals surface area contributed by atoms with Gasteiger partial charge in [-0.15, -0.1) is 0 Å². The van der Waals surface area contributed by atoms with Gasteiger partial charge in [0.05, 0.1) is 25.3 Å². The van der Waals surface area contributed by atoms with Gasteiger partial charge < -0.3 is 4.74 Å². The van der Waals surface area contributed by atoms with Gasteiger partial charge in [-0.3, -0.25) is 13.9 Å². The molecule has 0 N–H and O–H groups in total. The molecule has 0 bridgehead atoms. The van der Waals surface area contributed by atoms with Crippen LogP contribution in [0.4, 0.5) is 5.82 Å². The van der Waals surface area contributed by atoms with Gasteiger partial charge in [0.25, 0.3) is 5.56 Å². The normalized spacial score (nSPS) is 12.0. The maximum atomic E-state index is 12.6. The average molecular weight is 357 g/mol. The van der Waals surface area contributed by atoms with Crippen molar-refractivity contribution in [1.82, 2.24) is 9.13 Å². The Morgan fingerprint density at radius 2 is 1.85 bits per heavy atom. The van der Waals surface area contributed by atoms with Crippen molar-refractivity contribution in [3.63, 3.8) is 0 Å². The van der Waals surface area contributed by atoms with Crippen LogP contribution in [0.3, 0.4) is 0 Å². The molecule has 0 atom stereocenters. The molecule has 0 spiro atoms. The molecule has 0 aliphatic heterocycles. The van der Waals surface area contributed by atoms with Gasteiger partial charge in [-0.25, -0.2) is 9.79 Å². The lowest BCUT2D eigenvalue weighted by molar-refractivity contribution is 0.111. The third-order valence-corrected chi connectivity index (χ3v) is 4.43. The number of hydrogen-bond acceptors (Lipinski definition) is 4. The molecule has 2 aromatic rings. The second kappa shape index (κ2) is 8.76. The molecule has 0 saturated carbocycles. The molecule has 0 aliphatic rings. The Bertz CT molecular complexity index is 856. The second-order valence-electron chi connectivity index (χ2n) is 6.69. The van der Waals surface area contributed by atoms with Gasteiger partial charge in [0.15, 0.2) is 0 Å². The van der Waals surface area contributed by atoms with E-state index in [0.29, 0.717) is 18.0 Å². The Morgan fingerprint density at radius 1 is 1.19 bits per heavy atom. The summed E-state index contributed by atoms with van der Waals surface area (Å²) in [4.78, 5) is 29.7. The highest BCUT2D eigenvalue weighted by Gasteiger charge is 2.14. The largest absolute Gasteiger partial charge is 0.375 e. The summed E-state index contributed by atoms with van der Waals surface area (Å²) >= 11 is 0. The minimum absolute atomic E-state index is 0.215. The van der Waals surface area contributed by atoms with Gasteiger partial charge in [-0.1, -0.05) is 44.2 Å². The van der Waals surface area contributed by atoms with Crippen LogP contribution in [0.1, 0.15) is 31.9 Å². The van der Waals surface area contributed by atoms with Gasteiger partial charge in [0, 0.05) is 12.8 Å². The van der Waals surface area contributed by atoms with E-state index in [4.69, 9.17) is 4.74 Å². The van der Waals surface area contributed by atoms with Crippen LogP contribution in [0.5, 0.6) is 0 Å². The molecule has 6 nitrogen and oxygen atoms in total. The molecule has 0 aliphatic carbocycles. The van der Waals surface area contributed by atoms with Crippen LogP contribution in [0.2, 0.25) is 0 Å². The zero-order valence-corrected chi connectivity index (χ0v) is 16.2. The van der Waals surface area contributed by atoms with E-state index in [2.05, 4.69) is 4.99 Å². The fourth-order valence-corrected chi connectivity index (χ4v) is 2.48. The number of hydrogen-bond donors (Lipinski definition) is 0. The zero-order chi connectivity index (χ0) is 19.3. The molecule has 1 heterocycles. The molecular formula is C20H27N3O3. The molecule has 0 amide bonds. The van der Waals surface area contributed by atoms with Crippen LogP contribution in [-0.2, 0) is 24.9 Å². The highest BCUT2D eigenvalue weighted by molar-refractivity contribution is 5.86. The maximum Gasteiger partial charge on any atom is 0.332 e. The Hall–Kier alpha value is -2.47. The Kier molecular flexibility index (Phi) is 6.69. The van der Waals surface area contributed by atoms with Crippen molar-refractivity contribution in [2.75, 3.05) is 6.61 Å². The number of rotatable bonds is 7. The first kappa shape index (κ1) is 19.8. The molecule has 0 unspecified atom stereocenters. The van der Waals surface area contributed by atoms with Crippen LogP contribution in [0.25, 0.3) is 0 Å². The van der Waals surface area contributed by atoms with Crippen LogP contribution in [0.15, 0.2) is 44.9 Å². The monoisotopic (exact) mass is 357 g/mol. The van der Waals surface area contributed by atoms with E-state index in [-0.39, 0.29) is 30.3 Å². The van der Waals surface area contributed by atoms with Gasteiger partial charge >= 0.3 is 5.69 Å². The van der Waals surface area contributed by atoms with Crippen LogP contribution < -0.4 is 11.2 Å². The van der Waals surface area contributed by atoms with Crippen molar-refractivity contribution >= 4 is 11.5 Å². The Balaban J connectivity index is 2.19. The summed E-state index contributed by atoms with van der Waals surface area (Å²) in [7, 11) is 1.64. The molecule has 0 radical (unpaired) electrons. The molecule has 1 aromatic carbocycles. The van der Waals surface area contributed by atoms with E-state index >= 15 is 0 Å². The van der Waals surface area contributed by atoms with Gasteiger partial charge in [-0.05, 0) is 25.3 Å². The van der Waals surface area contributed by atoms with Crippen molar-refractivity contribution in [3.05, 3.63) is 62.3 Å². The van der Waals surface area contributed by atoms with Gasteiger partial charge in [-0.2, -0.15) is 0 Å². The molecule has 2 rings (SSSR count). The van der Waals surface area contributed by atoms with Crippen LogP contribution >= 0.6 is 0 Å². The second-order valence-corrected chi connectivity index (χ2v) is 6.69. The van der Waals surface area contributed by atoms with Crippen molar-refractivity contribution in [1.29, 1.82) is 0 Å². The SMILES string of the molecule is C/C(=N/c1c(C)c(=O)n(CCOCc2ccccc2)c(=O)n1C)C(C)C. The van der Waals surface area contributed by atoms with Crippen molar-refractivity contribution in [2.45, 2.75) is 40.8 Å². The quantitative estimate of drug-likeness (QED) is 0.565. The summed E-state index contributed by atoms with van der Waals surface area (Å²) in [6, 6.07) is 9.78. The molecule has 1 aromatic heterocycles. The van der Waals surface area contributed by atoms with Crippen LogP contribution in [0, 0.1) is 12.8 Å². The highest BCUT2D eigenvalue weighted by Crippen LogP contribution is 2.14. The summed E-state index contributed by atoms with van der Waals surface area (Å²) < 4.78 is 8.25. The number of benzene rings is 1. The molecule has 140 valence electrons. The lowest BCUT2D eigenvalue weighted by atomic mass is 10.1. The smallest absolute Gasteiger partial charge is 0.332 e. The first-order valence-electron chi connectivity index (χ1n) is 8.80. The predicted molar refractivity (Wildman–Crippen MR) is 104 cm³/mol. The summed E-state index contributed by atoms with van der Waals surface area (Å²) in [5.41, 5.74) is 1.71. The molecular weight excluding hydrogens is 330 g/mol. The summed E-state index contributed by atoms with van der Waals surface area (Å²) in [6.07, 6.45) is 0. The van der Waals surface area contributed by atoms with Gasteiger partial charge in [0.2, 0.25) is 0 Å². The fraction of sp³-hybridized carbons (Fsp3) is 0.450. The third kappa shape index (κ3) is 4.58. The summed E-state index contributed by atoms with van der Waals surface area (Å²) in [5, 5.41) is 0. The van der Waals surface area contributed by atoms with Crippen molar-refractivity contribution in [3.8, 4) is 0 Å².